The van der Waals surface area contributed by atoms with Crippen molar-refractivity contribution in [1.29, 1.82) is 0 Å². The van der Waals surface area contributed by atoms with Gasteiger partial charge in [-0.1, -0.05) is 35.9 Å². The fraction of sp³-hybridized carbons (Fsp3) is 0.0769. The number of benzene rings is 2. The van der Waals surface area contributed by atoms with Crippen molar-refractivity contribution in [2.45, 2.75) is 11.8 Å². The minimum absolute atomic E-state index is 0.0400. The predicted octanol–water partition coefficient (Wildman–Crippen LogP) is 3.42. The third kappa shape index (κ3) is 2.83. The Kier molecular flexibility index (Phi) is 3.59. The van der Waals surface area contributed by atoms with Crippen molar-refractivity contribution in [3.63, 3.8) is 0 Å². The molecule has 2 aromatic carbocycles. The molecule has 0 heterocycles. The lowest BCUT2D eigenvalue weighted by Crippen LogP contribution is -2.10. The zero-order valence-electron chi connectivity index (χ0n) is 9.63. The van der Waals surface area contributed by atoms with E-state index in [1.54, 1.807) is 37.3 Å². The Hall–Kier alpha value is -1.52. The minimum Gasteiger partial charge on any atom is -0.379 e. The lowest BCUT2D eigenvalue weighted by molar-refractivity contribution is 0.484. The van der Waals surface area contributed by atoms with Gasteiger partial charge in [-0.3, -0.25) is 0 Å². The molecule has 0 N–H and O–H groups in total. The fourth-order valence-corrected chi connectivity index (χ4v) is 2.73. The molecule has 0 aliphatic rings. The molecule has 3 nitrogen and oxygen atoms in total. The van der Waals surface area contributed by atoms with Crippen molar-refractivity contribution in [3.05, 3.63) is 59.1 Å². The Morgan fingerprint density at radius 3 is 2.44 bits per heavy atom. The molecule has 94 valence electrons. The number of hydrogen-bond acceptors (Lipinski definition) is 3. The summed E-state index contributed by atoms with van der Waals surface area (Å²) in [5, 5.41) is 0.351. The van der Waals surface area contributed by atoms with Gasteiger partial charge in [0.15, 0.2) is 0 Å². The van der Waals surface area contributed by atoms with E-state index in [1.807, 2.05) is 6.07 Å². The number of halogens is 1. The summed E-state index contributed by atoms with van der Waals surface area (Å²) < 4.78 is 29.1. The van der Waals surface area contributed by atoms with Gasteiger partial charge >= 0.3 is 10.1 Å². The van der Waals surface area contributed by atoms with Crippen LogP contribution >= 0.6 is 11.6 Å². The molecule has 2 rings (SSSR count). The van der Waals surface area contributed by atoms with E-state index in [0.29, 0.717) is 10.8 Å². The van der Waals surface area contributed by atoms with Crippen molar-refractivity contribution >= 4 is 21.7 Å². The van der Waals surface area contributed by atoms with Crippen LogP contribution in [0.4, 0.5) is 0 Å². The molecule has 0 saturated heterocycles. The van der Waals surface area contributed by atoms with Crippen LogP contribution in [0.25, 0.3) is 0 Å². The van der Waals surface area contributed by atoms with E-state index in [4.69, 9.17) is 15.8 Å². The van der Waals surface area contributed by atoms with Crippen LogP contribution in [-0.4, -0.2) is 8.42 Å². The van der Waals surface area contributed by atoms with E-state index in [9.17, 15) is 8.42 Å². The lowest BCUT2D eigenvalue weighted by Gasteiger charge is -2.09. The highest BCUT2D eigenvalue weighted by atomic mass is 35.5. The van der Waals surface area contributed by atoms with Crippen LogP contribution in [0.2, 0.25) is 5.02 Å². The summed E-state index contributed by atoms with van der Waals surface area (Å²) in [5.74, 6) is 0.317. The van der Waals surface area contributed by atoms with Gasteiger partial charge in [-0.05, 0) is 36.8 Å². The minimum atomic E-state index is -3.84. The smallest absolute Gasteiger partial charge is 0.339 e. The zero-order chi connectivity index (χ0) is 13.2. The summed E-state index contributed by atoms with van der Waals surface area (Å²) >= 11 is 5.77. The molecule has 2 aromatic rings. The van der Waals surface area contributed by atoms with Crippen molar-refractivity contribution in [3.8, 4) is 5.75 Å². The van der Waals surface area contributed by atoms with Gasteiger partial charge in [0.2, 0.25) is 0 Å². The SMILES string of the molecule is Cc1ccccc1OS(=O)(=O)c1cccc(Cl)c1. The van der Waals surface area contributed by atoms with Crippen molar-refractivity contribution in [2.24, 2.45) is 0 Å². The zero-order valence-corrected chi connectivity index (χ0v) is 11.2. The normalized spacial score (nSPS) is 11.2. The maximum absolute atomic E-state index is 12.0. The van der Waals surface area contributed by atoms with Gasteiger partial charge in [0.25, 0.3) is 0 Å². The molecule has 0 unspecified atom stereocenters. The highest BCUT2D eigenvalue weighted by Gasteiger charge is 2.17. The van der Waals surface area contributed by atoms with E-state index in [-0.39, 0.29) is 4.90 Å². The molecular weight excluding hydrogens is 272 g/mol. The lowest BCUT2D eigenvalue weighted by atomic mass is 10.2. The van der Waals surface area contributed by atoms with Crippen molar-refractivity contribution < 1.29 is 12.6 Å². The summed E-state index contributed by atoms with van der Waals surface area (Å²) in [6.45, 7) is 1.78. The topological polar surface area (TPSA) is 43.4 Å². The molecule has 0 fully saturated rings. The van der Waals surface area contributed by atoms with E-state index >= 15 is 0 Å². The number of aryl methyl sites for hydroxylation is 1. The molecule has 0 saturated carbocycles. The van der Waals surface area contributed by atoms with Gasteiger partial charge in [0, 0.05) is 5.02 Å². The molecule has 0 aliphatic carbocycles. The van der Waals surface area contributed by atoms with Gasteiger partial charge in [-0.25, -0.2) is 0 Å². The Balaban J connectivity index is 2.37. The molecule has 0 aliphatic heterocycles. The second-order valence-corrected chi connectivity index (χ2v) is 5.74. The number of hydrogen-bond donors (Lipinski definition) is 0. The van der Waals surface area contributed by atoms with Crippen LogP contribution in [0.3, 0.4) is 0 Å². The number of para-hydroxylation sites is 1. The fourth-order valence-electron chi connectivity index (χ4n) is 1.44. The average molecular weight is 283 g/mol. The monoisotopic (exact) mass is 282 g/mol. The first-order valence-electron chi connectivity index (χ1n) is 5.25. The Bertz CT molecular complexity index is 665. The Morgan fingerprint density at radius 2 is 1.78 bits per heavy atom. The van der Waals surface area contributed by atoms with Crippen LogP contribution in [0.1, 0.15) is 5.56 Å². The third-order valence-corrected chi connectivity index (χ3v) is 3.84. The van der Waals surface area contributed by atoms with Gasteiger partial charge in [-0.2, -0.15) is 8.42 Å². The molecule has 0 radical (unpaired) electrons. The second-order valence-electron chi connectivity index (χ2n) is 3.76. The van der Waals surface area contributed by atoms with E-state index in [1.165, 1.54) is 12.1 Å². The second kappa shape index (κ2) is 5.00. The predicted molar refractivity (Wildman–Crippen MR) is 70.4 cm³/mol. The van der Waals surface area contributed by atoms with E-state index in [2.05, 4.69) is 0 Å². The summed E-state index contributed by atoms with van der Waals surface area (Å²) in [5.41, 5.74) is 0.753. The van der Waals surface area contributed by atoms with Crippen LogP contribution < -0.4 is 4.18 Å². The first-order valence-corrected chi connectivity index (χ1v) is 7.03. The Labute approximate surface area is 111 Å². The standard InChI is InChI=1S/C13H11ClO3S/c1-10-5-2-3-8-13(10)17-18(15,16)12-7-4-6-11(14)9-12/h2-9H,1H3. The van der Waals surface area contributed by atoms with Crippen molar-refractivity contribution in [2.75, 3.05) is 0 Å². The molecular formula is C13H11ClO3S. The van der Waals surface area contributed by atoms with E-state index in [0.717, 1.165) is 5.56 Å². The highest BCUT2D eigenvalue weighted by Crippen LogP contribution is 2.23. The molecule has 0 amide bonds. The number of rotatable bonds is 3. The summed E-state index contributed by atoms with van der Waals surface area (Å²) in [6, 6.07) is 12.9. The molecule has 0 aromatic heterocycles. The largest absolute Gasteiger partial charge is 0.379 e. The van der Waals surface area contributed by atoms with Gasteiger partial charge in [-0.15, -0.1) is 0 Å². The maximum Gasteiger partial charge on any atom is 0.339 e. The van der Waals surface area contributed by atoms with Crippen LogP contribution in [0, 0.1) is 6.92 Å². The van der Waals surface area contributed by atoms with Crippen molar-refractivity contribution in [1.82, 2.24) is 0 Å². The summed E-state index contributed by atoms with van der Waals surface area (Å²) in [4.78, 5) is 0.0400. The Morgan fingerprint density at radius 1 is 1.06 bits per heavy atom. The molecule has 0 bridgehead atoms. The maximum atomic E-state index is 12.0. The van der Waals surface area contributed by atoms with Crippen LogP contribution in [-0.2, 0) is 10.1 Å². The van der Waals surface area contributed by atoms with E-state index < -0.39 is 10.1 Å². The highest BCUT2D eigenvalue weighted by molar-refractivity contribution is 7.87. The quantitative estimate of drug-likeness (QED) is 0.810. The van der Waals surface area contributed by atoms with Crippen LogP contribution in [0.15, 0.2) is 53.4 Å². The summed E-state index contributed by atoms with van der Waals surface area (Å²) in [6.07, 6.45) is 0. The molecule has 0 atom stereocenters. The van der Waals surface area contributed by atoms with Gasteiger partial charge in [0.1, 0.15) is 10.6 Å². The molecule has 0 spiro atoms. The average Bonchev–Trinajstić information content (AvgIpc) is 2.32. The van der Waals surface area contributed by atoms with Gasteiger partial charge in [0.05, 0.1) is 0 Å². The first-order chi connectivity index (χ1) is 8.49. The third-order valence-electron chi connectivity index (χ3n) is 2.38. The van der Waals surface area contributed by atoms with Gasteiger partial charge < -0.3 is 4.18 Å². The summed E-state index contributed by atoms with van der Waals surface area (Å²) in [7, 11) is -3.84. The van der Waals surface area contributed by atoms with Crippen LogP contribution in [0.5, 0.6) is 5.75 Å². The molecule has 5 heteroatoms. The molecule has 18 heavy (non-hydrogen) atoms. The first kappa shape index (κ1) is 12.9.